The Morgan fingerprint density at radius 3 is 2.42 bits per heavy atom. The summed E-state index contributed by atoms with van der Waals surface area (Å²) < 4.78 is 0. The van der Waals surface area contributed by atoms with Gasteiger partial charge in [0, 0.05) is 17.3 Å². The Labute approximate surface area is 186 Å². The first-order chi connectivity index (χ1) is 14.9. The molecule has 1 heterocycles. The van der Waals surface area contributed by atoms with Crippen LogP contribution >= 0.6 is 11.6 Å². The molecule has 2 aromatic carbocycles. The Balaban J connectivity index is 1.50. The molecule has 1 fully saturated rings. The summed E-state index contributed by atoms with van der Waals surface area (Å²) in [6.07, 6.45) is 5.48. The lowest BCUT2D eigenvalue weighted by Gasteiger charge is -2.22. The maximum atomic E-state index is 12.9. The molecular weight excluding hydrogens is 414 g/mol. The zero-order valence-corrected chi connectivity index (χ0v) is 18.0. The number of hydrogen-bond donors (Lipinski definition) is 2. The quantitative estimate of drug-likeness (QED) is 0.675. The van der Waals surface area contributed by atoms with Crippen LogP contribution in [0.3, 0.4) is 0 Å². The fourth-order valence-corrected chi connectivity index (χ4v) is 4.15. The lowest BCUT2D eigenvalue weighted by molar-refractivity contribution is -0.120. The molecule has 31 heavy (non-hydrogen) atoms. The van der Waals surface area contributed by atoms with Crippen LogP contribution in [-0.4, -0.2) is 23.8 Å². The van der Waals surface area contributed by atoms with Crippen LogP contribution < -0.4 is 15.5 Å². The first-order valence-electron chi connectivity index (χ1n) is 10.5. The van der Waals surface area contributed by atoms with Crippen molar-refractivity contribution in [2.24, 2.45) is 0 Å². The number of carbonyl (C=O) groups is 3. The van der Waals surface area contributed by atoms with Gasteiger partial charge in [0.2, 0.25) is 0 Å². The highest BCUT2D eigenvalue weighted by Crippen LogP contribution is 2.30. The summed E-state index contributed by atoms with van der Waals surface area (Å²) >= 11 is 6.21. The maximum absolute atomic E-state index is 12.9. The third-order valence-corrected chi connectivity index (χ3v) is 6.00. The Morgan fingerprint density at radius 2 is 1.71 bits per heavy atom. The molecule has 4 rings (SSSR count). The van der Waals surface area contributed by atoms with Crippen LogP contribution in [0.25, 0.3) is 0 Å². The summed E-state index contributed by atoms with van der Waals surface area (Å²) in [6.45, 7) is 1.92. The predicted molar refractivity (Wildman–Crippen MR) is 121 cm³/mol. The van der Waals surface area contributed by atoms with E-state index in [0.717, 1.165) is 36.1 Å². The van der Waals surface area contributed by atoms with E-state index in [1.165, 1.54) is 6.42 Å². The van der Waals surface area contributed by atoms with Gasteiger partial charge in [-0.3, -0.25) is 14.4 Å². The molecular formula is C24H24ClN3O3. The molecule has 0 aromatic heterocycles. The molecule has 0 saturated heterocycles. The lowest BCUT2D eigenvalue weighted by atomic mass is 9.95. The minimum absolute atomic E-state index is 0.00270. The number of carbonyl (C=O) groups excluding carboxylic acids is 3. The van der Waals surface area contributed by atoms with Crippen molar-refractivity contribution in [3.63, 3.8) is 0 Å². The van der Waals surface area contributed by atoms with Gasteiger partial charge in [0.15, 0.2) is 0 Å². The van der Waals surface area contributed by atoms with Crippen molar-refractivity contribution in [2.45, 2.75) is 45.1 Å². The zero-order valence-electron chi connectivity index (χ0n) is 17.3. The monoisotopic (exact) mass is 437 g/mol. The number of nitrogens with one attached hydrogen (secondary N) is 2. The lowest BCUT2D eigenvalue weighted by Crippen LogP contribution is -2.36. The molecule has 3 amide bonds. The third-order valence-electron chi connectivity index (χ3n) is 5.65. The third kappa shape index (κ3) is 4.49. The Morgan fingerprint density at radius 1 is 1.00 bits per heavy atom. The summed E-state index contributed by atoms with van der Waals surface area (Å²) in [7, 11) is 0. The molecule has 1 aliphatic carbocycles. The maximum Gasteiger partial charge on any atom is 0.283 e. The van der Waals surface area contributed by atoms with E-state index >= 15 is 0 Å². The van der Waals surface area contributed by atoms with Gasteiger partial charge in [0.25, 0.3) is 17.7 Å². The Bertz CT molecular complexity index is 1060. The molecule has 0 spiro atoms. The van der Waals surface area contributed by atoms with Crippen molar-refractivity contribution in [1.82, 2.24) is 5.32 Å². The van der Waals surface area contributed by atoms with Gasteiger partial charge in [-0.05, 0) is 50.1 Å². The summed E-state index contributed by atoms with van der Waals surface area (Å²) in [5, 5.41) is 5.84. The second-order valence-electron chi connectivity index (χ2n) is 7.98. The fourth-order valence-electron chi connectivity index (χ4n) is 3.94. The molecule has 2 N–H and O–H groups in total. The van der Waals surface area contributed by atoms with E-state index in [2.05, 4.69) is 10.6 Å². The average molecular weight is 438 g/mol. The Kier molecular flexibility index (Phi) is 6.09. The molecule has 0 radical (unpaired) electrons. The average Bonchev–Trinajstić information content (AvgIpc) is 2.98. The van der Waals surface area contributed by atoms with E-state index in [4.69, 9.17) is 11.6 Å². The number of imide groups is 1. The normalized spacial score (nSPS) is 17.3. The highest BCUT2D eigenvalue weighted by atomic mass is 35.5. The van der Waals surface area contributed by atoms with Crippen LogP contribution in [-0.2, 0) is 9.59 Å². The fraction of sp³-hybridized carbons (Fsp3) is 0.292. The van der Waals surface area contributed by atoms with Crippen molar-refractivity contribution in [3.8, 4) is 0 Å². The zero-order chi connectivity index (χ0) is 22.0. The molecule has 1 aliphatic heterocycles. The number of nitrogens with zero attached hydrogens (tertiary/aromatic N) is 1. The van der Waals surface area contributed by atoms with Crippen LogP contribution in [0.1, 0.15) is 48.0 Å². The number of hydrogen-bond acceptors (Lipinski definition) is 4. The standard InChI is InChI=1S/C24H24ClN3O3/c1-15-10-12-19(13-11-15)28-23(30)20(25)21(24(28)31)26-18-9-5-6-16(14-18)22(29)27-17-7-3-2-4-8-17/h5-6,9-14,17,26H,2-4,7-8H2,1H3,(H,27,29). The first-order valence-corrected chi connectivity index (χ1v) is 10.8. The van der Waals surface area contributed by atoms with Gasteiger partial charge in [-0.15, -0.1) is 0 Å². The number of rotatable bonds is 5. The van der Waals surface area contributed by atoms with E-state index in [-0.39, 0.29) is 22.7 Å². The van der Waals surface area contributed by atoms with Crippen LogP contribution in [0.5, 0.6) is 0 Å². The Hall–Kier alpha value is -3.12. The largest absolute Gasteiger partial charge is 0.350 e. The van der Waals surface area contributed by atoms with Gasteiger partial charge in [-0.25, -0.2) is 4.90 Å². The second-order valence-corrected chi connectivity index (χ2v) is 8.36. The van der Waals surface area contributed by atoms with E-state index in [1.54, 1.807) is 36.4 Å². The van der Waals surface area contributed by atoms with E-state index in [0.29, 0.717) is 16.9 Å². The molecule has 1 saturated carbocycles. The summed E-state index contributed by atoms with van der Waals surface area (Å²) in [5.41, 5.74) is 2.47. The van der Waals surface area contributed by atoms with Crippen molar-refractivity contribution >= 4 is 40.7 Å². The van der Waals surface area contributed by atoms with Crippen LogP contribution in [0.4, 0.5) is 11.4 Å². The number of aryl methyl sites for hydroxylation is 1. The van der Waals surface area contributed by atoms with Gasteiger partial charge in [-0.1, -0.05) is 54.6 Å². The first kappa shape index (κ1) is 21.1. The van der Waals surface area contributed by atoms with E-state index < -0.39 is 11.8 Å². The van der Waals surface area contributed by atoms with Crippen molar-refractivity contribution < 1.29 is 14.4 Å². The SMILES string of the molecule is Cc1ccc(N2C(=O)C(Cl)=C(Nc3cccc(C(=O)NC4CCCCC4)c3)C2=O)cc1. The highest BCUT2D eigenvalue weighted by molar-refractivity contribution is 6.53. The van der Waals surface area contributed by atoms with Crippen molar-refractivity contribution in [2.75, 3.05) is 10.2 Å². The molecule has 6 nitrogen and oxygen atoms in total. The number of benzene rings is 2. The second kappa shape index (κ2) is 8.94. The molecule has 2 aromatic rings. The van der Waals surface area contributed by atoms with Crippen LogP contribution in [0.15, 0.2) is 59.3 Å². The molecule has 0 bridgehead atoms. The van der Waals surface area contributed by atoms with Gasteiger partial charge >= 0.3 is 0 Å². The summed E-state index contributed by atoms with van der Waals surface area (Å²) in [5.74, 6) is -1.26. The van der Waals surface area contributed by atoms with Gasteiger partial charge in [0.05, 0.1) is 5.69 Å². The van der Waals surface area contributed by atoms with Crippen LogP contribution in [0, 0.1) is 6.92 Å². The minimum atomic E-state index is -0.579. The molecule has 0 unspecified atom stereocenters. The summed E-state index contributed by atoms with van der Waals surface area (Å²) in [4.78, 5) is 39.2. The smallest absolute Gasteiger partial charge is 0.283 e. The van der Waals surface area contributed by atoms with Gasteiger partial charge in [-0.2, -0.15) is 0 Å². The topological polar surface area (TPSA) is 78.5 Å². The van der Waals surface area contributed by atoms with E-state index in [9.17, 15) is 14.4 Å². The van der Waals surface area contributed by atoms with Crippen LogP contribution in [0.2, 0.25) is 0 Å². The van der Waals surface area contributed by atoms with Gasteiger partial charge < -0.3 is 10.6 Å². The summed E-state index contributed by atoms with van der Waals surface area (Å²) in [6, 6.07) is 14.1. The predicted octanol–water partition coefficient (Wildman–Crippen LogP) is 4.49. The van der Waals surface area contributed by atoms with Gasteiger partial charge in [0.1, 0.15) is 10.7 Å². The van der Waals surface area contributed by atoms with E-state index in [1.807, 2.05) is 19.1 Å². The molecule has 160 valence electrons. The van der Waals surface area contributed by atoms with Crippen molar-refractivity contribution in [3.05, 3.63) is 70.4 Å². The molecule has 2 aliphatic rings. The number of halogens is 1. The highest BCUT2D eigenvalue weighted by Gasteiger charge is 2.39. The number of amides is 3. The molecule has 7 heteroatoms. The van der Waals surface area contributed by atoms with Crippen molar-refractivity contribution in [1.29, 1.82) is 0 Å². The minimum Gasteiger partial charge on any atom is -0.350 e. The molecule has 0 atom stereocenters. The number of anilines is 2.